The van der Waals surface area contributed by atoms with Gasteiger partial charge in [0.1, 0.15) is 5.75 Å². The first-order valence-electron chi connectivity index (χ1n) is 6.83. The van der Waals surface area contributed by atoms with Crippen LogP contribution in [0.15, 0.2) is 16.7 Å². The van der Waals surface area contributed by atoms with Gasteiger partial charge in [0.25, 0.3) is 5.89 Å². The second kappa shape index (κ2) is 5.25. The van der Waals surface area contributed by atoms with E-state index in [0.717, 1.165) is 41.1 Å². The van der Waals surface area contributed by atoms with E-state index in [2.05, 4.69) is 10.1 Å². The fourth-order valence-corrected chi connectivity index (χ4v) is 2.33. The molecule has 1 N–H and O–H groups in total. The standard InChI is InChI=1S/C15H18N2O3/c1-9-5-11(7-18)6-10(2)14(9)19-8-13-16-15(17-20-13)12-3-4-12/h5-6,12,18H,3-4,7-8H2,1-2H3. The first-order chi connectivity index (χ1) is 9.67. The van der Waals surface area contributed by atoms with Crippen LogP contribution in [-0.2, 0) is 13.2 Å². The minimum absolute atomic E-state index is 0.0381. The predicted octanol–water partition coefficient (Wildman–Crippen LogP) is 2.64. The molecule has 1 fully saturated rings. The third kappa shape index (κ3) is 2.67. The Bertz CT molecular complexity index is 594. The molecule has 0 atom stereocenters. The van der Waals surface area contributed by atoms with Crippen LogP contribution in [-0.4, -0.2) is 15.2 Å². The number of hydrogen-bond donors (Lipinski definition) is 1. The topological polar surface area (TPSA) is 68.4 Å². The molecule has 1 aromatic carbocycles. The van der Waals surface area contributed by atoms with Gasteiger partial charge in [0.15, 0.2) is 12.4 Å². The molecule has 0 bridgehead atoms. The van der Waals surface area contributed by atoms with Crippen molar-refractivity contribution >= 4 is 0 Å². The van der Waals surface area contributed by atoms with Crippen molar-refractivity contribution in [1.29, 1.82) is 0 Å². The van der Waals surface area contributed by atoms with Crippen LogP contribution in [0, 0.1) is 13.8 Å². The van der Waals surface area contributed by atoms with E-state index in [-0.39, 0.29) is 13.2 Å². The molecular formula is C15H18N2O3. The Morgan fingerprint density at radius 1 is 1.30 bits per heavy atom. The maximum absolute atomic E-state index is 9.17. The molecule has 2 aromatic rings. The zero-order valence-corrected chi connectivity index (χ0v) is 11.7. The lowest BCUT2D eigenvalue weighted by Crippen LogP contribution is -2.00. The monoisotopic (exact) mass is 274 g/mol. The predicted molar refractivity (Wildman–Crippen MR) is 72.4 cm³/mol. The van der Waals surface area contributed by atoms with Crippen LogP contribution in [0.5, 0.6) is 5.75 Å². The molecule has 5 heteroatoms. The second-order valence-corrected chi connectivity index (χ2v) is 5.33. The molecular weight excluding hydrogens is 256 g/mol. The number of hydrogen-bond acceptors (Lipinski definition) is 5. The molecule has 0 amide bonds. The fraction of sp³-hybridized carbons (Fsp3) is 0.467. The number of aliphatic hydroxyl groups excluding tert-OH is 1. The van der Waals surface area contributed by atoms with Crippen molar-refractivity contribution in [2.75, 3.05) is 0 Å². The van der Waals surface area contributed by atoms with Crippen LogP contribution >= 0.6 is 0 Å². The first-order valence-corrected chi connectivity index (χ1v) is 6.83. The molecule has 0 unspecified atom stereocenters. The average molecular weight is 274 g/mol. The number of aliphatic hydroxyl groups is 1. The molecule has 3 rings (SSSR count). The van der Waals surface area contributed by atoms with Gasteiger partial charge in [-0.2, -0.15) is 4.98 Å². The van der Waals surface area contributed by atoms with Crippen LogP contribution in [0.1, 0.15) is 47.2 Å². The molecule has 1 aromatic heterocycles. The van der Waals surface area contributed by atoms with Gasteiger partial charge in [-0.25, -0.2) is 0 Å². The van der Waals surface area contributed by atoms with Gasteiger partial charge in [-0.15, -0.1) is 0 Å². The van der Waals surface area contributed by atoms with E-state index >= 15 is 0 Å². The van der Waals surface area contributed by atoms with Gasteiger partial charge in [0.05, 0.1) is 6.61 Å². The summed E-state index contributed by atoms with van der Waals surface area (Å²) in [7, 11) is 0. The molecule has 106 valence electrons. The highest BCUT2D eigenvalue weighted by Gasteiger charge is 2.28. The molecule has 5 nitrogen and oxygen atoms in total. The molecule has 0 spiro atoms. The molecule has 1 heterocycles. The smallest absolute Gasteiger partial charge is 0.264 e. The quantitative estimate of drug-likeness (QED) is 0.907. The Kier molecular flexibility index (Phi) is 3.44. The van der Waals surface area contributed by atoms with Crippen molar-refractivity contribution in [1.82, 2.24) is 10.1 Å². The van der Waals surface area contributed by atoms with Crippen LogP contribution < -0.4 is 4.74 Å². The van der Waals surface area contributed by atoms with Gasteiger partial charge < -0.3 is 14.4 Å². The van der Waals surface area contributed by atoms with Gasteiger partial charge >= 0.3 is 0 Å². The SMILES string of the molecule is Cc1cc(CO)cc(C)c1OCc1nc(C2CC2)no1. The minimum atomic E-state index is 0.0381. The maximum atomic E-state index is 9.17. The molecule has 1 saturated carbocycles. The molecule has 0 radical (unpaired) electrons. The van der Waals surface area contributed by atoms with E-state index in [1.54, 1.807) is 0 Å². The third-order valence-corrected chi connectivity index (χ3v) is 3.47. The van der Waals surface area contributed by atoms with E-state index in [0.29, 0.717) is 11.8 Å². The summed E-state index contributed by atoms with van der Waals surface area (Å²) in [6, 6.07) is 3.84. The summed E-state index contributed by atoms with van der Waals surface area (Å²) in [4.78, 5) is 4.34. The Labute approximate surface area is 117 Å². The molecule has 20 heavy (non-hydrogen) atoms. The number of aromatic nitrogens is 2. The second-order valence-electron chi connectivity index (χ2n) is 5.33. The van der Waals surface area contributed by atoms with E-state index in [1.807, 2.05) is 26.0 Å². The van der Waals surface area contributed by atoms with Crippen molar-refractivity contribution in [2.45, 2.75) is 45.8 Å². The van der Waals surface area contributed by atoms with Gasteiger partial charge in [-0.3, -0.25) is 0 Å². The van der Waals surface area contributed by atoms with Crippen molar-refractivity contribution in [3.05, 3.63) is 40.5 Å². The average Bonchev–Trinajstić information content (AvgIpc) is 3.17. The third-order valence-electron chi connectivity index (χ3n) is 3.47. The van der Waals surface area contributed by atoms with Gasteiger partial charge in [-0.05, 0) is 43.4 Å². The van der Waals surface area contributed by atoms with E-state index < -0.39 is 0 Å². The summed E-state index contributed by atoms with van der Waals surface area (Å²) in [5.74, 6) is 2.61. The summed E-state index contributed by atoms with van der Waals surface area (Å²) in [6.07, 6.45) is 2.31. The highest BCUT2D eigenvalue weighted by molar-refractivity contribution is 5.43. The number of nitrogens with zero attached hydrogens (tertiary/aromatic N) is 2. The van der Waals surface area contributed by atoms with Crippen LogP contribution in [0.2, 0.25) is 0 Å². The fourth-order valence-electron chi connectivity index (χ4n) is 2.33. The number of rotatable bonds is 5. The van der Waals surface area contributed by atoms with Crippen LogP contribution in [0.25, 0.3) is 0 Å². The van der Waals surface area contributed by atoms with Crippen molar-refractivity contribution in [2.24, 2.45) is 0 Å². The summed E-state index contributed by atoms with van der Waals surface area (Å²) in [5.41, 5.74) is 2.88. The first kappa shape index (κ1) is 13.1. The minimum Gasteiger partial charge on any atom is -0.483 e. The Morgan fingerprint density at radius 2 is 2.00 bits per heavy atom. The summed E-state index contributed by atoms with van der Waals surface area (Å²) >= 11 is 0. The van der Waals surface area contributed by atoms with Crippen molar-refractivity contribution in [3.63, 3.8) is 0 Å². The van der Waals surface area contributed by atoms with Crippen molar-refractivity contribution in [3.8, 4) is 5.75 Å². The van der Waals surface area contributed by atoms with Crippen molar-refractivity contribution < 1.29 is 14.4 Å². The Morgan fingerprint density at radius 3 is 2.60 bits per heavy atom. The molecule has 0 saturated heterocycles. The highest BCUT2D eigenvalue weighted by Crippen LogP contribution is 2.38. The number of aryl methyl sites for hydroxylation is 2. The van der Waals surface area contributed by atoms with E-state index in [9.17, 15) is 5.11 Å². The molecule has 0 aliphatic heterocycles. The van der Waals surface area contributed by atoms with Crippen LogP contribution in [0.4, 0.5) is 0 Å². The summed E-state index contributed by atoms with van der Waals surface area (Å²) in [5, 5.41) is 13.1. The zero-order valence-electron chi connectivity index (χ0n) is 11.7. The number of benzene rings is 1. The van der Waals surface area contributed by atoms with Gasteiger partial charge in [-0.1, -0.05) is 17.3 Å². The van der Waals surface area contributed by atoms with E-state index in [1.165, 1.54) is 0 Å². The Hall–Kier alpha value is -1.88. The van der Waals surface area contributed by atoms with Gasteiger partial charge in [0, 0.05) is 5.92 Å². The lowest BCUT2D eigenvalue weighted by Gasteiger charge is -2.12. The zero-order chi connectivity index (χ0) is 14.1. The lowest BCUT2D eigenvalue weighted by atomic mass is 10.1. The van der Waals surface area contributed by atoms with Crippen LogP contribution in [0.3, 0.4) is 0 Å². The largest absolute Gasteiger partial charge is 0.483 e. The normalized spacial score (nSPS) is 14.6. The maximum Gasteiger partial charge on any atom is 0.264 e. The summed E-state index contributed by atoms with van der Waals surface area (Å²) in [6.45, 7) is 4.24. The molecule has 1 aliphatic rings. The van der Waals surface area contributed by atoms with E-state index in [4.69, 9.17) is 9.26 Å². The van der Waals surface area contributed by atoms with Gasteiger partial charge in [0.2, 0.25) is 0 Å². The lowest BCUT2D eigenvalue weighted by molar-refractivity contribution is 0.239. The summed E-state index contributed by atoms with van der Waals surface area (Å²) < 4.78 is 11.0. The highest BCUT2D eigenvalue weighted by atomic mass is 16.5. The Balaban J connectivity index is 1.70. The number of ether oxygens (including phenoxy) is 1. The molecule has 1 aliphatic carbocycles.